The van der Waals surface area contributed by atoms with E-state index in [2.05, 4.69) is 37.9 Å². The molecule has 0 spiro atoms. The number of ether oxygens (including phenoxy) is 1. The van der Waals surface area contributed by atoms with Crippen molar-refractivity contribution in [1.82, 2.24) is 10.2 Å². The molecule has 2 unspecified atom stereocenters. The molecule has 1 saturated carbocycles. The zero-order valence-electron chi connectivity index (χ0n) is 15.5. The maximum absolute atomic E-state index is 12.5. The van der Waals surface area contributed by atoms with Gasteiger partial charge in [-0.1, -0.05) is 19.3 Å². The summed E-state index contributed by atoms with van der Waals surface area (Å²) in [6.45, 7) is 11.0. The van der Waals surface area contributed by atoms with Crippen LogP contribution in [0, 0.1) is 0 Å². The Labute approximate surface area is 159 Å². The van der Waals surface area contributed by atoms with Crippen LogP contribution in [-0.4, -0.2) is 53.7 Å². The van der Waals surface area contributed by atoms with Crippen LogP contribution in [-0.2, 0) is 9.53 Å². The van der Waals surface area contributed by atoms with Gasteiger partial charge in [-0.3, -0.25) is 9.69 Å². The van der Waals surface area contributed by atoms with E-state index >= 15 is 0 Å². The number of nitrogens with one attached hydrogen (secondary N) is 1. The normalized spacial score (nSPS) is 27.5. The summed E-state index contributed by atoms with van der Waals surface area (Å²) in [6, 6.07) is 0. The molecule has 1 aliphatic heterocycles. The molecule has 2 fully saturated rings. The van der Waals surface area contributed by atoms with E-state index in [-0.39, 0.29) is 48.5 Å². The molecular weight excluding hydrogens is 349 g/mol. The van der Waals surface area contributed by atoms with E-state index in [9.17, 15) is 4.79 Å². The highest BCUT2D eigenvalue weighted by Crippen LogP contribution is 2.26. The Hall–Kier alpha value is -0.0700. The second-order valence-electron chi connectivity index (χ2n) is 7.87. The molecule has 0 aromatic heterocycles. The van der Waals surface area contributed by atoms with Crippen molar-refractivity contribution >= 4 is 30.7 Å². The predicted octanol–water partition coefficient (Wildman–Crippen LogP) is 2.50. The fraction of sp³-hybridized carbons (Fsp3) is 0.941. The molecular formula is C17H35Cl2N3O2. The van der Waals surface area contributed by atoms with E-state index in [0.29, 0.717) is 6.54 Å². The molecule has 3 N–H and O–H groups in total. The molecule has 2 atom stereocenters. The van der Waals surface area contributed by atoms with Gasteiger partial charge >= 0.3 is 0 Å². The van der Waals surface area contributed by atoms with Crippen LogP contribution >= 0.6 is 24.8 Å². The molecule has 0 radical (unpaired) electrons. The van der Waals surface area contributed by atoms with Crippen molar-refractivity contribution in [3.8, 4) is 0 Å². The highest BCUT2D eigenvalue weighted by Gasteiger charge is 2.38. The van der Waals surface area contributed by atoms with Crippen LogP contribution in [0.3, 0.4) is 0 Å². The molecule has 7 heteroatoms. The Morgan fingerprint density at radius 1 is 1.17 bits per heavy atom. The molecule has 1 saturated heterocycles. The van der Waals surface area contributed by atoms with Crippen LogP contribution in [0.5, 0.6) is 0 Å². The summed E-state index contributed by atoms with van der Waals surface area (Å²) in [5.74, 6) is 0.0228. The van der Waals surface area contributed by atoms with Gasteiger partial charge in [0.15, 0.2) is 0 Å². The van der Waals surface area contributed by atoms with Crippen molar-refractivity contribution in [3.05, 3.63) is 0 Å². The second-order valence-corrected chi connectivity index (χ2v) is 7.87. The van der Waals surface area contributed by atoms with Gasteiger partial charge in [0, 0.05) is 25.2 Å². The van der Waals surface area contributed by atoms with Gasteiger partial charge in [0.25, 0.3) is 0 Å². The van der Waals surface area contributed by atoms with Gasteiger partial charge in [0.1, 0.15) is 0 Å². The first-order valence-corrected chi connectivity index (χ1v) is 8.71. The van der Waals surface area contributed by atoms with Crippen LogP contribution in [0.15, 0.2) is 0 Å². The fourth-order valence-electron chi connectivity index (χ4n) is 3.67. The zero-order chi connectivity index (χ0) is 16.4. The first-order chi connectivity index (χ1) is 10.2. The summed E-state index contributed by atoms with van der Waals surface area (Å²) in [6.07, 6.45) is 5.41. The van der Waals surface area contributed by atoms with Crippen molar-refractivity contribution in [1.29, 1.82) is 0 Å². The van der Waals surface area contributed by atoms with Gasteiger partial charge in [0.05, 0.1) is 17.7 Å². The van der Waals surface area contributed by atoms with Gasteiger partial charge in [-0.15, -0.1) is 24.8 Å². The van der Waals surface area contributed by atoms with E-state index in [4.69, 9.17) is 10.5 Å². The average Bonchev–Trinajstić information content (AvgIpc) is 2.44. The predicted molar refractivity (Wildman–Crippen MR) is 103 cm³/mol. The molecule has 0 bridgehead atoms. The van der Waals surface area contributed by atoms with E-state index in [1.807, 2.05) is 0 Å². The minimum Gasteiger partial charge on any atom is -0.373 e. The minimum absolute atomic E-state index is 0. The summed E-state index contributed by atoms with van der Waals surface area (Å²) in [5.41, 5.74) is 5.57. The standard InChI is InChI=1S/C17H33N3O2.2ClH/c1-13-10-20(11-14(2)22-13)16(3,4)12-19-15(21)17(18)8-6-5-7-9-17;;/h13-14H,5-12,18H2,1-4H3,(H,19,21);2*1H. The van der Waals surface area contributed by atoms with Crippen LogP contribution < -0.4 is 11.1 Å². The number of carbonyl (C=O) groups is 1. The van der Waals surface area contributed by atoms with Gasteiger partial charge in [-0.25, -0.2) is 0 Å². The molecule has 2 aliphatic rings. The zero-order valence-corrected chi connectivity index (χ0v) is 17.1. The van der Waals surface area contributed by atoms with Crippen molar-refractivity contribution in [3.63, 3.8) is 0 Å². The Balaban J connectivity index is 0.00000264. The molecule has 2 rings (SSSR count). The lowest BCUT2D eigenvalue weighted by Crippen LogP contribution is -2.61. The summed E-state index contributed by atoms with van der Waals surface area (Å²) in [4.78, 5) is 14.9. The number of hydrogen-bond acceptors (Lipinski definition) is 4. The Morgan fingerprint density at radius 3 is 2.17 bits per heavy atom. The minimum atomic E-state index is -0.653. The molecule has 5 nitrogen and oxygen atoms in total. The third kappa shape index (κ3) is 6.03. The smallest absolute Gasteiger partial charge is 0.240 e. The molecule has 0 aromatic carbocycles. The van der Waals surface area contributed by atoms with Gasteiger partial charge in [-0.2, -0.15) is 0 Å². The SMILES string of the molecule is CC1CN(C(C)(C)CNC(=O)C2(N)CCCCC2)CC(C)O1.Cl.Cl. The quantitative estimate of drug-likeness (QED) is 0.782. The number of halogens is 2. The Kier molecular flexibility index (Phi) is 9.55. The number of hydrogen-bond donors (Lipinski definition) is 2. The molecule has 1 heterocycles. The number of nitrogens with two attached hydrogens (primary N) is 1. The average molecular weight is 384 g/mol. The molecule has 1 amide bonds. The van der Waals surface area contributed by atoms with Crippen LogP contribution in [0.1, 0.15) is 59.8 Å². The number of morpholine rings is 1. The van der Waals surface area contributed by atoms with Crippen LogP contribution in [0.4, 0.5) is 0 Å². The van der Waals surface area contributed by atoms with E-state index in [0.717, 1.165) is 38.8 Å². The number of rotatable bonds is 4. The third-order valence-corrected chi connectivity index (χ3v) is 5.16. The fourth-order valence-corrected chi connectivity index (χ4v) is 3.67. The summed E-state index contributed by atoms with van der Waals surface area (Å²) >= 11 is 0. The Morgan fingerprint density at radius 2 is 1.67 bits per heavy atom. The summed E-state index contributed by atoms with van der Waals surface area (Å²) in [5, 5.41) is 3.11. The van der Waals surface area contributed by atoms with E-state index in [1.165, 1.54) is 6.42 Å². The van der Waals surface area contributed by atoms with Gasteiger partial charge in [-0.05, 0) is 40.5 Å². The van der Waals surface area contributed by atoms with Crippen LogP contribution in [0.2, 0.25) is 0 Å². The highest BCUT2D eigenvalue weighted by atomic mass is 35.5. The maximum Gasteiger partial charge on any atom is 0.240 e. The maximum atomic E-state index is 12.5. The highest BCUT2D eigenvalue weighted by molar-refractivity contribution is 5.86. The first kappa shape index (κ1) is 23.9. The number of amides is 1. The lowest BCUT2D eigenvalue weighted by Gasteiger charge is -2.45. The number of carbonyl (C=O) groups excluding carboxylic acids is 1. The van der Waals surface area contributed by atoms with Crippen molar-refractivity contribution in [2.45, 2.75) is 83.1 Å². The lowest BCUT2D eigenvalue weighted by molar-refractivity contribution is -0.129. The largest absolute Gasteiger partial charge is 0.373 e. The Bertz CT molecular complexity index is 391. The van der Waals surface area contributed by atoms with Gasteiger partial charge < -0.3 is 15.8 Å². The van der Waals surface area contributed by atoms with Crippen molar-refractivity contribution in [2.24, 2.45) is 5.73 Å². The lowest BCUT2D eigenvalue weighted by atomic mass is 9.81. The summed E-state index contributed by atoms with van der Waals surface area (Å²) < 4.78 is 5.80. The van der Waals surface area contributed by atoms with Crippen molar-refractivity contribution in [2.75, 3.05) is 19.6 Å². The van der Waals surface area contributed by atoms with Crippen LogP contribution in [0.25, 0.3) is 0 Å². The molecule has 24 heavy (non-hydrogen) atoms. The summed E-state index contributed by atoms with van der Waals surface area (Å²) in [7, 11) is 0. The monoisotopic (exact) mass is 383 g/mol. The topological polar surface area (TPSA) is 67.6 Å². The number of nitrogens with zero attached hydrogens (tertiary/aromatic N) is 1. The van der Waals surface area contributed by atoms with E-state index < -0.39 is 5.54 Å². The van der Waals surface area contributed by atoms with E-state index in [1.54, 1.807) is 0 Å². The third-order valence-electron chi connectivity index (χ3n) is 5.16. The second kappa shape index (κ2) is 9.58. The van der Waals surface area contributed by atoms with Crippen molar-refractivity contribution < 1.29 is 9.53 Å². The molecule has 1 aliphatic carbocycles. The first-order valence-electron chi connectivity index (χ1n) is 8.71. The molecule has 144 valence electrons. The van der Waals surface area contributed by atoms with Gasteiger partial charge in [0.2, 0.25) is 5.91 Å². The molecule has 0 aromatic rings.